The van der Waals surface area contributed by atoms with Crippen molar-refractivity contribution in [2.45, 2.75) is 27.7 Å². The molecular formula is C12H32N4Sn. The minimum absolute atomic E-state index is 1.12. The third-order valence-electron chi connectivity index (χ3n) is 3.95. The predicted molar refractivity (Wildman–Crippen MR) is 79.0 cm³/mol. The first-order valence-electron chi connectivity index (χ1n) is 6.78. The molecule has 0 aliphatic rings. The standard InChI is InChI=1S/4C3H8N.Sn/c4*1-3-4-2;/h4*3H2,1-2H3;/q4*-1;+4. The van der Waals surface area contributed by atoms with Crippen molar-refractivity contribution in [3.05, 3.63) is 0 Å². The SMILES string of the molecule is CC[N](C)[Sn]([N](C)CC)([N](C)CC)[N](C)CC. The van der Waals surface area contributed by atoms with Crippen LogP contribution in [0.15, 0.2) is 0 Å². The molecule has 0 saturated heterocycles. The van der Waals surface area contributed by atoms with E-state index in [9.17, 15) is 0 Å². The topological polar surface area (TPSA) is 13.0 Å². The predicted octanol–water partition coefficient (Wildman–Crippen LogP) is 1.23. The molecule has 0 spiro atoms. The third kappa shape index (κ3) is 3.35. The van der Waals surface area contributed by atoms with Crippen LogP contribution >= 0.6 is 0 Å². The Morgan fingerprint density at radius 1 is 0.529 bits per heavy atom. The van der Waals surface area contributed by atoms with E-state index in [1.807, 2.05) is 0 Å². The fourth-order valence-corrected chi connectivity index (χ4v) is 17.4. The molecule has 0 atom stereocenters. The van der Waals surface area contributed by atoms with Gasteiger partial charge in [0.05, 0.1) is 0 Å². The molecule has 0 heterocycles. The molecule has 0 aliphatic carbocycles. The van der Waals surface area contributed by atoms with Crippen molar-refractivity contribution in [1.29, 1.82) is 0 Å². The number of hydrogen-bond acceptors (Lipinski definition) is 4. The average Bonchev–Trinajstić information content (AvgIpc) is 2.37. The molecule has 0 bridgehead atoms. The molecule has 5 heteroatoms. The van der Waals surface area contributed by atoms with Gasteiger partial charge >= 0.3 is 114 Å². The van der Waals surface area contributed by atoms with E-state index in [0.717, 1.165) is 26.2 Å². The van der Waals surface area contributed by atoms with Crippen molar-refractivity contribution < 1.29 is 0 Å². The first-order chi connectivity index (χ1) is 7.93. The van der Waals surface area contributed by atoms with Crippen molar-refractivity contribution in [1.82, 2.24) is 12.5 Å². The summed E-state index contributed by atoms with van der Waals surface area (Å²) in [6.45, 7) is 13.5. The van der Waals surface area contributed by atoms with Crippen LogP contribution in [-0.4, -0.2) is 86.3 Å². The van der Waals surface area contributed by atoms with Gasteiger partial charge in [0.15, 0.2) is 0 Å². The Kier molecular flexibility index (Phi) is 8.24. The van der Waals surface area contributed by atoms with Gasteiger partial charge in [0, 0.05) is 0 Å². The van der Waals surface area contributed by atoms with Gasteiger partial charge in [-0.1, -0.05) is 0 Å². The van der Waals surface area contributed by atoms with Gasteiger partial charge in [-0.15, -0.1) is 0 Å². The van der Waals surface area contributed by atoms with Crippen LogP contribution in [-0.2, 0) is 0 Å². The average molecular weight is 351 g/mol. The summed E-state index contributed by atoms with van der Waals surface area (Å²) in [4.78, 5) is 0. The van der Waals surface area contributed by atoms with Gasteiger partial charge in [0.1, 0.15) is 0 Å². The molecule has 0 amide bonds. The summed E-state index contributed by atoms with van der Waals surface area (Å²) in [7, 11) is 9.17. The van der Waals surface area contributed by atoms with E-state index in [1.165, 1.54) is 0 Å². The molecule has 0 aromatic carbocycles. The van der Waals surface area contributed by atoms with Gasteiger partial charge in [-0.05, 0) is 0 Å². The Balaban J connectivity index is 5.51. The molecule has 0 aromatic rings. The van der Waals surface area contributed by atoms with Crippen LogP contribution < -0.4 is 0 Å². The zero-order chi connectivity index (χ0) is 13.6. The van der Waals surface area contributed by atoms with Crippen LogP contribution in [0.5, 0.6) is 0 Å². The van der Waals surface area contributed by atoms with Gasteiger partial charge < -0.3 is 0 Å². The van der Waals surface area contributed by atoms with Crippen molar-refractivity contribution >= 4 is 19.5 Å². The van der Waals surface area contributed by atoms with Crippen LogP contribution in [0.2, 0.25) is 0 Å². The summed E-state index contributed by atoms with van der Waals surface area (Å²) < 4.78 is 10.5. The maximum atomic E-state index is 2.62. The summed E-state index contributed by atoms with van der Waals surface area (Å²) in [5.41, 5.74) is 0. The van der Waals surface area contributed by atoms with Gasteiger partial charge in [-0.2, -0.15) is 0 Å². The number of hydrogen-bond donors (Lipinski definition) is 0. The van der Waals surface area contributed by atoms with Gasteiger partial charge in [-0.25, -0.2) is 0 Å². The molecule has 104 valence electrons. The van der Waals surface area contributed by atoms with Crippen molar-refractivity contribution in [3.63, 3.8) is 0 Å². The summed E-state index contributed by atoms with van der Waals surface area (Å²) in [6, 6.07) is 0. The Morgan fingerprint density at radius 3 is 0.824 bits per heavy atom. The van der Waals surface area contributed by atoms with E-state index < -0.39 is 19.5 Å². The first-order valence-corrected chi connectivity index (χ1v) is 11.9. The molecule has 17 heavy (non-hydrogen) atoms. The van der Waals surface area contributed by atoms with E-state index in [-0.39, 0.29) is 0 Å². The van der Waals surface area contributed by atoms with Crippen LogP contribution in [0.3, 0.4) is 0 Å². The molecule has 0 N–H and O–H groups in total. The van der Waals surface area contributed by atoms with Crippen LogP contribution in [0, 0.1) is 0 Å². The molecular weight excluding hydrogens is 319 g/mol. The first kappa shape index (κ1) is 17.6. The second-order valence-corrected chi connectivity index (χ2v) is 16.8. The van der Waals surface area contributed by atoms with Crippen molar-refractivity contribution in [3.8, 4) is 0 Å². The molecule has 0 fully saturated rings. The molecule has 0 aromatic heterocycles. The van der Waals surface area contributed by atoms with Crippen molar-refractivity contribution in [2.24, 2.45) is 0 Å². The Hall–Kier alpha value is 0.639. The summed E-state index contributed by atoms with van der Waals surface area (Å²) in [5.74, 6) is 0. The van der Waals surface area contributed by atoms with Gasteiger partial charge in [-0.3, -0.25) is 0 Å². The normalized spacial score (nSPS) is 13.4. The molecule has 0 aliphatic heterocycles. The molecule has 4 nitrogen and oxygen atoms in total. The third-order valence-corrected chi connectivity index (χ3v) is 19.2. The van der Waals surface area contributed by atoms with Crippen LogP contribution in [0.25, 0.3) is 0 Å². The zero-order valence-electron chi connectivity index (χ0n) is 13.1. The molecule has 0 radical (unpaired) electrons. The fraction of sp³-hybridized carbons (Fsp3) is 1.00. The van der Waals surface area contributed by atoms with Crippen molar-refractivity contribution in [2.75, 3.05) is 54.4 Å². The fourth-order valence-electron chi connectivity index (χ4n) is 2.60. The molecule has 0 saturated carbocycles. The summed E-state index contributed by atoms with van der Waals surface area (Å²) in [6.07, 6.45) is 0. The molecule has 0 rings (SSSR count). The van der Waals surface area contributed by atoms with E-state index in [1.54, 1.807) is 0 Å². The van der Waals surface area contributed by atoms with E-state index in [2.05, 4.69) is 68.4 Å². The Labute approximate surface area is 114 Å². The number of rotatable bonds is 8. The van der Waals surface area contributed by atoms with Crippen LogP contribution in [0.1, 0.15) is 27.7 Å². The minimum atomic E-state index is -2.77. The molecule has 0 unspecified atom stereocenters. The van der Waals surface area contributed by atoms with Gasteiger partial charge in [0.25, 0.3) is 0 Å². The number of nitrogens with zero attached hydrogens (tertiary/aromatic N) is 4. The second-order valence-electron chi connectivity index (χ2n) is 4.66. The Bertz CT molecular complexity index is 167. The Morgan fingerprint density at radius 2 is 0.706 bits per heavy atom. The monoisotopic (exact) mass is 352 g/mol. The second kappa shape index (κ2) is 7.94. The zero-order valence-corrected chi connectivity index (χ0v) is 16.0. The van der Waals surface area contributed by atoms with Gasteiger partial charge in [0.2, 0.25) is 0 Å². The summed E-state index contributed by atoms with van der Waals surface area (Å²) >= 11 is -2.77. The van der Waals surface area contributed by atoms with Crippen LogP contribution in [0.4, 0.5) is 0 Å². The van der Waals surface area contributed by atoms with E-state index in [0.29, 0.717) is 0 Å². The van der Waals surface area contributed by atoms with E-state index >= 15 is 0 Å². The summed E-state index contributed by atoms with van der Waals surface area (Å²) in [5, 5.41) is 0. The maximum absolute atomic E-state index is 2.77. The van der Waals surface area contributed by atoms with E-state index in [4.69, 9.17) is 0 Å². The quantitative estimate of drug-likeness (QED) is 0.610.